The van der Waals surface area contributed by atoms with Gasteiger partial charge in [-0.05, 0) is 30.2 Å². The van der Waals surface area contributed by atoms with Gasteiger partial charge in [0.2, 0.25) is 0 Å². The highest BCUT2D eigenvalue weighted by Gasteiger charge is 2.16. The van der Waals surface area contributed by atoms with Crippen LogP contribution in [0.1, 0.15) is 50.6 Å². The van der Waals surface area contributed by atoms with Crippen LogP contribution in [0, 0.1) is 5.82 Å². The number of carbonyl (C=O) groups excluding carboxylic acids is 2. The molecule has 6 N–H and O–H groups in total. The van der Waals surface area contributed by atoms with Crippen LogP contribution in [0.5, 0.6) is 0 Å². The van der Waals surface area contributed by atoms with Gasteiger partial charge in [0.15, 0.2) is 0 Å². The third-order valence-electron chi connectivity index (χ3n) is 4.67. The summed E-state index contributed by atoms with van der Waals surface area (Å²) in [4.78, 5) is 32.8. The van der Waals surface area contributed by atoms with E-state index in [0.717, 1.165) is 11.9 Å². The molecule has 0 aliphatic rings. The predicted octanol–water partition coefficient (Wildman–Crippen LogP) is 1.62. The van der Waals surface area contributed by atoms with E-state index in [1.165, 1.54) is 18.2 Å². The zero-order valence-electron chi connectivity index (χ0n) is 17.2. The molecule has 1 atom stereocenters. The summed E-state index contributed by atoms with van der Waals surface area (Å²) < 4.78 is 13.3. The monoisotopic (exact) mass is 435 g/mol. The van der Waals surface area contributed by atoms with Crippen LogP contribution < -0.4 is 22.2 Å². The van der Waals surface area contributed by atoms with Crippen molar-refractivity contribution in [1.29, 1.82) is 0 Å². The Morgan fingerprint density at radius 1 is 1.06 bits per heavy atom. The fraction of sp³-hybridized carbons (Fsp3) is 0.136. The fourth-order valence-electron chi connectivity index (χ4n) is 2.90. The van der Waals surface area contributed by atoms with Crippen molar-refractivity contribution >= 4 is 17.6 Å². The number of nitrogens with one attached hydrogen (secondary N) is 2. The molecule has 0 bridgehead atoms. The average Bonchev–Trinajstić information content (AvgIpc) is 2.82. The van der Waals surface area contributed by atoms with Crippen molar-refractivity contribution in [2.45, 2.75) is 19.5 Å². The summed E-state index contributed by atoms with van der Waals surface area (Å²) in [7, 11) is 0. The minimum absolute atomic E-state index is 0.0232. The predicted molar refractivity (Wildman–Crippen MR) is 117 cm³/mol. The molecule has 10 heteroatoms. The molecule has 0 saturated carbocycles. The molecule has 2 aromatic carbocycles. The minimum Gasteiger partial charge on any atom is -0.382 e. The zero-order chi connectivity index (χ0) is 23.1. The van der Waals surface area contributed by atoms with Crippen molar-refractivity contribution in [3.63, 3.8) is 0 Å². The molecule has 0 aliphatic carbocycles. The van der Waals surface area contributed by atoms with Crippen LogP contribution in [0.25, 0.3) is 0 Å². The van der Waals surface area contributed by atoms with Crippen molar-refractivity contribution in [3.8, 4) is 0 Å². The number of aromatic nitrogens is 2. The summed E-state index contributed by atoms with van der Waals surface area (Å²) in [6.07, 6.45) is 1.14. The summed E-state index contributed by atoms with van der Waals surface area (Å²) in [6, 6.07) is 13.9. The molecule has 32 heavy (non-hydrogen) atoms. The van der Waals surface area contributed by atoms with Gasteiger partial charge >= 0.3 is 0 Å². The summed E-state index contributed by atoms with van der Waals surface area (Å²) in [5.41, 5.74) is 7.83. The van der Waals surface area contributed by atoms with Gasteiger partial charge in [0.1, 0.15) is 29.4 Å². The molecule has 1 unspecified atom stereocenters. The number of nitrogens with two attached hydrogens (primary N) is 2. The summed E-state index contributed by atoms with van der Waals surface area (Å²) in [5.74, 6) is 4.01. The van der Waals surface area contributed by atoms with Gasteiger partial charge < -0.3 is 22.2 Å². The number of hydrogen-bond acceptors (Lipinski definition) is 6. The lowest BCUT2D eigenvalue weighted by atomic mass is 10.1. The highest BCUT2D eigenvalue weighted by atomic mass is 19.1. The van der Waals surface area contributed by atoms with E-state index in [-0.39, 0.29) is 29.8 Å². The van der Waals surface area contributed by atoms with Crippen LogP contribution in [0.2, 0.25) is 0 Å². The van der Waals surface area contributed by atoms with Crippen LogP contribution in [-0.4, -0.2) is 27.6 Å². The fourth-order valence-corrected chi connectivity index (χ4v) is 2.90. The molecule has 164 valence electrons. The molecule has 9 nitrogen and oxygen atoms in total. The molecule has 1 heterocycles. The van der Waals surface area contributed by atoms with E-state index < -0.39 is 17.6 Å². The first kappa shape index (κ1) is 22.3. The summed E-state index contributed by atoms with van der Waals surface area (Å²) in [5, 5.41) is 8.89. The molecule has 0 aliphatic heterocycles. The second-order valence-corrected chi connectivity index (χ2v) is 6.93. The second-order valence-electron chi connectivity index (χ2n) is 6.93. The highest BCUT2D eigenvalue weighted by molar-refractivity contribution is 5.98. The van der Waals surface area contributed by atoms with Gasteiger partial charge in [0.05, 0.1) is 6.04 Å². The first-order valence-electron chi connectivity index (χ1n) is 9.66. The Bertz CT molecular complexity index is 1150. The van der Waals surface area contributed by atoms with E-state index >= 15 is 0 Å². The molecular formula is C22H22FN7O2. The van der Waals surface area contributed by atoms with Crippen LogP contribution in [0.3, 0.4) is 0 Å². The Kier molecular flexibility index (Phi) is 7.06. The normalized spacial score (nSPS) is 12.1. The van der Waals surface area contributed by atoms with Gasteiger partial charge in [-0.3, -0.25) is 9.59 Å². The lowest BCUT2D eigenvalue weighted by Gasteiger charge is -2.14. The van der Waals surface area contributed by atoms with E-state index in [4.69, 9.17) is 11.6 Å². The zero-order valence-corrected chi connectivity index (χ0v) is 17.2. The molecule has 3 rings (SSSR count). The smallest absolute Gasteiger partial charge is 0.270 e. The van der Waals surface area contributed by atoms with Gasteiger partial charge in [0, 0.05) is 18.2 Å². The second kappa shape index (κ2) is 10.1. The molecule has 1 aromatic heterocycles. The van der Waals surface area contributed by atoms with Crippen molar-refractivity contribution < 1.29 is 14.0 Å². The maximum absolute atomic E-state index is 13.3. The first-order valence-corrected chi connectivity index (χ1v) is 9.66. The first-order chi connectivity index (χ1) is 15.4. The Labute approximate surface area is 183 Å². The van der Waals surface area contributed by atoms with Crippen LogP contribution in [0.15, 0.2) is 66.0 Å². The van der Waals surface area contributed by atoms with Gasteiger partial charge in [-0.25, -0.2) is 14.4 Å². The third kappa shape index (κ3) is 5.63. The molecule has 0 saturated heterocycles. The SMILES string of the molecule is CC(NC(=O)c1cc(C(=O)NCc2cccc(F)c2)ncn1)c1ccc(/C(N)=N/N)cc1. The van der Waals surface area contributed by atoms with Gasteiger partial charge in [0.25, 0.3) is 11.8 Å². The largest absolute Gasteiger partial charge is 0.382 e. The molecule has 0 fully saturated rings. The highest BCUT2D eigenvalue weighted by Crippen LogP contribution is 2.14. The Hall–Kier alpha value is -4.34. The van der Waals surface area contributed by atoms with Crippen molar-refractivity contribution in [2.24, 2.45) is 16.7 Å². The van der Waals surface area contributed by atoms with Crippen LogP contribution in [-0.2, 0) is 6.54 Å². The number of halogens is 1. The van der Waals surface area contributed by atoms with E-state index in [1.54, 1.807) is 43.3 Å². The van der Waals surface area contributed by atoms with Gasteiger partial charge in [-0.1, -0.05) is 36.4 Å². The minimum atomic E-state index is -0.506. The lowest BCUT2D eigenvalue weighted by molar-refractivity contribution is 0.0934. The van der Waals surface area contributed by atoms with Crippen molar-refractivity contribution in [3.05, 3.63) is 94.8 Å². The van der Waals surface area contributed by atoms with Gasteiger partial charge in [-0.15, -0.1) is 0 Å². The lowest BCUT2D eigenvalue weighted by Crippen LogP contribution is -2.29. The van der Waals surface area contributed by atoms with Crippen LogP contribution >= 0.6 is 0 Å². The van der Waals surface area contributed by atoms with Crippen molar-refractivity contribution in [1.82, 2.24) is 20.6 Å². The Balaban J connectivity index is 1.63. The molecule has 0 spiro atoms. The van der Waals surface area contributed by atoms with E-state index in [1.807, 2.05) is 0 Å². The van der Waals surface area contributed by atoms with Gasteiger partial charge in [-0.2, -0.15) is 5.10 Å². The van der Waals surface area contributed by atoms with E-state index in [2.05, 4.69) is 25.7 Å². The topological polar surface area (TPSA) is 148 Å². The summed E-state index contributed by atoms with van der Waals surface area (Å²) in [6.45, 7) is 1.93. The molecule has 0 radical (unpaired) electrons. The third-order valence-corrected chi connectivity index (χ3v) is 4.67. The van der Waals surface area contributed by atoms with E-state index in [9.17, 15) is 14.0 Å². The number of hydrazone groups is 1. The Morgan fingerprint density at radius 3 is 2.41 bits per heavy atom. The van der Waals surface area contributed by atoms with Crippen LogP contribution in [0.4, 0.5) is 4.39 Å². The average molecular weight is 435 g/mol. The number of hydrogen-bond donors (Lipinski definition) is 4. The molecule has 3 aromatic rings. The van der Waals surface area contributed by atoms with Crippen molar-refractivity contribution in [2.75, 3.05) is 0 Å². The number of amidine groups is 1. The standard InChI is InChI=1S/C22H22FN7O2/c1-13(15-5-7-16(8-6-15)20(24)30-25)29-22(32)19-10-18(27-12-28-19)21(31)26-11-14-3-2-4-17(23)9-14/h2-10,12-13H,11,25H2,1H3,(H2,24,30)(H,26,31)(H,29,32). The number of rotatable bonds is 7. The number of carbonyl (C=O) groups is 2. The molecular weight excluding hydrogens is 413 g/mol. The maximum Gasteiger partial charge on any atom is 0.270 e. The summed E-state index contributed by atoms with van der Waals surface area (Å²) >= 11 is 0. The number of amides is 2. The number of benzene rings is 2. The van der Waals surface area contributed by atoms with E-state index in [0.29, 0.717) is 11.1 Å². The quantitative estimate of drug-likeness (QED) is 0.192. The Morgan fingerprint density at radius 2 is 1.75 bits per heavy atom. The number of nitrogens with zero attached hydrogens (tertiary/aromatic N) is 3. The maximum atomic E-state index is 13.3. The molecule has 2 amide bonds.